The molecule has 0 heterocycles. The zero-order chi connectivity index (χ0) is 14.8. The van der Waals surface area contributed by atoms with Crippen LogP contribution in [0.3, 0.4) is 0 Å². The van der Waals surface area contributed by atoms with Crippen LogP contribution >= 0.6 is 0 Å². The van der Waals surface area contributed by atoms with Crippen LogP contribution in [0.4, 0.5) is 0 Å². The van der Waals surface area contributed by atoms with Gasteiger partial charge in [-0.1, -0.05) is 32.8 Å². The van der Waals surface area contributed by atoms with Gasteiger partial charge in [0.25, 0.3) is 0 Å². The molecule has 0 unspecified atom stereocenters. The molecule has 1 aromatic rings. The van der Waals surface area contributed by atoms with Crippen LogP contribution in [0.2, 0.25) is 0 Å². The van der Waals surface area contributed by atoms with E-state index in [1.807, 2.05) is 0 Å². The molecule has 0 bridgehead atoms. The zero-order valence-electron chi connectivity index (χ0n) is 12.5. The van der Waals surface area contributed by atoms with Crippen LogP contribution in [0, 0.1) is 0 Å². The van der Waals surface area contributed by atoms with Gasteiger partial charge in [0, 0.05) is 13.1 Å². The lowest BCUT2D eigenvalue weighted by molar-refractivity contribution is 0.0695. The van der Waals surface area contributed by atoms with Crippen LogP contribution in [0.5, 0.6) is 5.75 Å². The van der Waals surface area contributed by atoms with Crippen molar-refractivity contribution in [3.63, 3.8) is 0 Å². The van der Waals surface area contributed by atoms with Gasteiger partial charge in [-0.15, -0.1) is 0 Å². The lowest BCUT2D eigenvalue weighted by Gasteiger charge is -2.22. The van der Waals surface area contributed by atoms with E-state index in [2.05, 4.69) is 18.7 Å². The summed E-state index contributed by atoms with van der Waals surface area (Å²) >= 11 is 0. The fourth-order valence-corrected chi connectivity index (χ4v) is 1.89. The Bertz CT molecular complexity index is 398. The molecule has 0 aliphatic carbocycles. The Morgan fingerprint density at radius 1 is 1.20 bits per heavy atom. The van der Waals surface area contributed by atoms with Gasteiger partial charge in [-0.05, 0) is 31.0 Å². The summed E-state index contributed by atoms with van der Waals surface area (Å²) in [5, 5.41) is 8.95. The van der Waals surface area contributed by atoms with Crippen molar-refractivity contribution in [3.05, 3.63) is 29.8 Å². The number of nitrogens with zero attached hydrogens (tertiary/aromatic N) is 1. The number of hydrogen-bond acceptors (Lipinski definition) is 3. The standard InChI is InChI=1S/C16H25NO3/c1-3-5-10-17(11-6-4-2)13-20-15-9-7-8-14(12-15)16(18)19/h7-9,12H,3-6,10-11,13H2,1-2H3,(H,18,19). The van der Waals surface area contributed by atoms with Gasteiger partial charge in [0.1, 0.15) is 12.5 Å². The zero-order valence-corrected chi connectivity index (χ0v) is 12.5. The number of carboxylic acids is 1. The third kappa shape index (κ3) is 6.06. The molecule has 0 aliphatic heterocycles. The Balaban J connectivity index is 2.52. The van der Waals surface area contributed by atoms with Gasteiger partial charge >= 0.3 is 5.97 Å². The highest BCUT2D eigenvalue weighted by atomic mass is 16.5. The van der Waals surface area contributed by atoms with Gasteiger partial charge in [0.15, 0.2) is 0 Å². The van der Waals surface area contributed by atoms with Gasteiger partial charge in [0.05, 0.1) is 5.56 Å². The van der Waals surface area contributed by atoms with E-state index in [9.17, 15) is 4.79 Å². The molecule has 0 radical (unpaired) electrons. The second-order valence-corrected chi connectivity index (χ2v) is 4.93. The number of ether oxygens (including phenoxy) is 1. The summed E-state index contributed by atoms with van der Waals surface area (Å²) < 4.78 is 5.72. The number of benzene rings is 1. The fourth-order valence-electron chi connectivity index (χ4n) is 1.89. The van der Waals surface area contributed by atoms with Crippen LogP contribution in [0.15, 0.2) is 24.3 Å². The summed E-state index contributed by atoms with van der Waals surface area (Å²) in [6, 6.07) is 6.65. The average Bonchev–Trinajstić information content (AvgIpc) is 2.46. The molecule has 0 amide bonds. The van der Waals surface area contributed by atoms with Crippen molar-refractivity contribution in [2.75, 3.05) is 19.8 Å². The molecule has 0 atom stereocenters. The van der Waals surface area contributed by atoms with Crippen molar-refractivity contribution in [3.8, 4) is 5.75 Å². The highest BCUT2D eigenvalue weighted by Crippen LogP contribution is 2.14. The van der Waals surface area contributed by atoms with E-state index < -0.39 is 5.97 Å². The SMILES string of the molecule is CCCCN(CCCC)COc1cccc(C(=O)O)c1. The van der Waals surface area contributed by atoms with E-state index >= 15 is 0 Å². The normalized spacial score (nSPS) is 10.8. The van der Waals surface area contributed by atoms with Crippen LogP contribution in [-0.2, 0) is 0 Å². The minimum absolute atomic E-state index is 0.260. The quantitative estimate of drug-likeness (QED) is 0.665. The Morgan fingerprint density at radius 3 is 2.40 bits per heavy atom. The van der Waals surface area contributed by atoms with E-state index in [0.717, 1.165) is 38.8 Å². The van der Waals surface area contributed by atoms with Gasteiger partial charge in [-0.3, -0.25) is 4.90 Å². The summed E-state index contributed by atoms with van der Waals surface area (Å²) in [6.45, 7) is 6.91. The van der Waals surface area contributed by atoms with Crippen molar-refractivity contribution in [1.29, 1.82) is 0 Å². The van der Waals surface area contributed by atoms with Crippen LogP contribution < -0.4 is 4.74 Å². The average molecular weight is 279 g/mol. The third-order valence-electron chi connectivity index (χ3n) is 3.15. The summed E-state index contributed by atoms with van der Waals surface area (Å²) in [5.41, 5.74) is 0.260. The summed E-state index contributed by atoms with van der Waals surface area (Å²) in [5.74, 6) is -0.313. The van der Waals surface area contributed by atoms with Crippen LogP contribution in [-0.4, -0.2) is 35.8 Å². The van der Waals surface area contributed by atoms with Gasteiger partial charge in [-0.25, -0.2) is 4.79 Å². The third-order valence-corrected chi connectivity index (χ3v) is 3.15. The predicted molar refractivity (Wildman–Crippen MR) is 80.3 cm³/mol. The topological polar surface area (TPSA) is 49.8 Å². The maximum absolute atomic E-state index is 10.9. The van der Waals surface area contributed by atoms with Crippen molar-refractivity contribution < 1.29 is 14.6 Å². The van der Waals surface area contributed by atoms with E-state index in [-0.39, 0.29) is 5.56 Å². The number of carbonyl (C=O) groups is 1. The van der Waals surface area contributed by atoms with E-state index in [0.29, 0.717) is 12.5 Å². The largest absolute Gasteiger partial charge is 0.478 e. The molecule has 1 aromatic carbocycles. The molecule has 4 nitrogen and oxygen atoms in total. The first-order valence-corrected chi connectivity index (χ1v) is 7.35. The minimum atomic E-state index is -0.927. The van der Waals surface area contributed by atoms with Crippen molar-refractivity contribution in [1.82, 2.24) is 4.90 Å². The number of unbranched alkanes of at least 4 members (excludes halogenated alkanes) is 2. The molecule has 112 valence electrons. The Labute approximate surface area is 121 Å². The van der Waals surface area contributed by atoms with E-state index in [1.54, 1.807) is 24.3 Å². The van der Waals surface area contributed by atoms with E-state index in [4.69, 9.17) is 9.84 Å². The highest BCUT2D eigenvalue weighted by Gasteiger charge is 2.07. The molecule has 0 aromatic heterocycles. The molecule has 0 fully saturated rings. The fraction of sp³-hybridized carbons (Fsp3) is 0.562. The number of aromatic carboxylic acids is 1. The van der Waals surface area contributed by atoms with Crippen molar-refractivity contribution in [2.45, 2.75) is 39.5 Å². The molecule has 1 N–H and O–H groups in total. The molecular weight excluding hydrogens is 254 g/mol. The van der Waals surface area contributed by atoms with E-state index in [1.165, 1.54) is 0 Å². The van der Waals surface area contributed by atoms with Crippen molar-refractivity contribution >= 4 is 5.97 Å². The maximum Gasteiger partial charge on any atom is 0.335 e. The molecule has 0 spiro atoms. The van der Waals surface area contributed by atoms with Crippen LogP contribution in [0.25, 0.3) is 0 Å². The molecular formula is C16H25NO3. The first-order chi connectivity index (χ1) is 9.67. The first-order valence-electron chi connectivity index (χ1n) is 7.35. The molecule has 0 saturated heterocycles. The molecule has 4 heteroatoms. The molecule has 0 saturated carbocycles. The predicted octanol–water partition coefficient (Wildman–Crippen LogP) is 3.62. The Hall–Kier alpha value is -1.55. The molecule has 0 aliphatic rings. The van der Waals surface area contributed by atoms with Crippen molar-refractivity contribution in [2.24, 2.45) is 0 Å². The van der Waals surface area contributed by atoms with Gasteiger partial charge < -0.3 is 9.84 Å². The number of rotatable bonds is 10. The Morgan fingerprint density at radius 2 is 1.85 bits per heavy atom. The highest BCUT2D eigenvalue weighted by molar-refractivity contribution is 5.87. The lowest BCUT2D eigenvalue weighted by atomic mass is 10.2. The van der Waals surface area contributed by atoms with Gasteiger partial charge in [-0.2, -0.15) is 0 Å². The second-order valence-electron chi connectivity index (χ2n) is 4.93. The molecule has 20 heavy (non-hydrogen) atoms. The second kappa shape index (κ2) is 9.37. The summed E-state index contributed by atoms with van der Waals surface area (Å²) in [7, 11) is 0. The molecule has 1 rings (SSSR count). The number of carboxylic acid groups (broad SMARTS) is 1. The van der Waals surface area contributed by atoms with Gasteiger partial charge in [0.2, 0.25) is 0 Å². The number of hydrogen-bond donors (Lipinski definition) is 1. The maximum atomic E-state index is 10.9. The first kappa shape index (κ1) is 16.5. The Kier molecular flexibility index (Phi) is 7.73. The minimum Gasteiger partial charge on any atom is -0.478 e. The monoisotopic (exact) mass is 279 g/mol. The van der Waals surface area contributed by atoms with Crippen LogP contribution in [0.1, 0.15) is 49.9 Å². The smallest absolute Gasteiger partial charge is 0.335 e. The lowest BCUT2D eigenvalue weighted by Crippen LogP contribution is -2.30. The summed E-state index contributed by atoms with van der Waals surface area (Å²) in [4.78, 5) is 13.2. The summed E-state index contributed by atoms with van der Waals surface area (Å²) in [6.07, 6.45) is 4.64.